The molecule has 0 saturated carbocycles. The first-order valence-corrected chi connectivity index (χ1v) is 8.48. The Labute approximate surface area is 152 Å². The number of rotatable bonds is 9. The lowest BCUT2D eigenvalue weighted by molar-refractivity contribution is -0.385. The molecular formula is C19H23N3O4. The highest BCUT2D eigenvalue weighted by Gasteiger charge is 2.18. The number of carbonyl (C=O) groups excluding carboxylic acids is 1. The second kappa shape index (κ2) is 9.41. The lowest BCUT2D eigenvalue weighted by atomic mass is 10.1. The van der Waals surface area contributed by atoms with Crippen LogP contribution in [0.1, 0.15) is 23.7 Å². The standard InChI is InChI=1S/C19H23N3O4/c1-3-26-18-11-10-15(14-17(18)22(24)25)19(23)20-12-7-13-21(2)16-8-5-4-6-9-16/h4-6,8-11,14H,3,7,12-13H2,1-2H3,(H,20,23). The van der Waals surface area contributed by atoms with E-state index in [1.807, 2.05) is 37.4 Å². The molecule has 0 heterocycles. The predicted molar refractivity (Wildman–Crippen MR) is 101 cm³/mol. The van der Waals surface area contributed by atoms with Crippen molar-refractivity contribution in [3.8, 4) is 5.75 Å². The fraction of sp³-hybridized carbons (Fsp3) is 0.316. The molecule has 2 aromatic rings. The van der Waals surface area contributed by atoms with Crippen molar-refractivity contribution in [3.05, 3.63) is 64.2 Å². The minimum atomic E-state index is -0.545. The molecule has 1 N–H and O–H groups in total. The average molecular weight is 357 g/mol. The first-order valence-electron chi connectivity index (χ1n) is 8.48. The van der Waals surface area contributed by atoms with E-state index in [4.69, 9.17) is 4.74 Å². The molecule has 0 bridgehead atoms. The van der Waals surface area contributed by atoms with E-state index in [2.05, 4.69) is 10.2 Å². The number of benzene rings is 2. The molecular weight excluding hydrogens is 334 g/mol. The van der Waals surface area contributed by atoms with Crippen LogP contribution in [-0.2, 0) is 0 Å². The molecule has 0 radical (unpaired) electrons. The van der Waals surface area contributed by atoms with Gasteiger partial charge in [0.15, 0.2) is 5.75 Å². The van der Waals surface area contributed by atoms with Gasteiger partial charge in [0, 0.05) is 37.5 Å². The second-order valence-electron chi connectivity index (χ2n) is 5.74. The van der Waals surface area contributed by atoms with Crippen LogP contribution in [0.3, 0.4) is 0 Å². The van der Waals surface area contributed by atoms with Crippen molar-refractivity contribution < 1.29 is 14.5 Å². The minimum Gasteiger partial charge on any atom is -0.487 e. The van der Waals surface area contributed by atoms with Gasteiger partial charge in [-0.2, -0.15) is 0 Å². The van der Waals surface area contributed by atoms with Crippen LogP contribution in [0.25, 0.3) is 0 Å². The quantitative estimate of drug-likeness (QED) is 0.423. The first kappa shape index (κ1) is 19.2. The van der Waals surface area contributed by atoms with Crippen molar-refractivity contribution in [2.75, 3.05) is 31.6 Å². The number of hydrogen-bond donors (Lipinski definition) is 1. The van der Waals surface area contributed by atoms with Gasteiger partial charge in [-0.25, -0.2) is 0 Å². The molecule has 2 aromatic carbocycles. The Morgan fingerprint density at radius 3 is 2.62 bits per heavy atom. The first-order chi connectivity index (χ1) is 12.5. The molecule has 7 nitrogen and oxygen atoms in total. The number of anilines is 1. The van der Waals surface area contributed by atoms with Crippen molar-refractivity contribution in [1.82, 2.24) is 5.32 Å². The van der Waals surface area contributed by atoms with Crippen molar-refractivity contribution in [2.45, 2.75) is 13.3 Å². The highest BCUT2D eigenvalue weighted by Crippen LogP contribution is 2.27. The van der Waals surface area contributed by atoms with Crippen LogP contribution in [0, 0.1) is 10.1 Å². The molecule has 0 saturated heterocycles. The summed E-state index contributed by atoms with van der Waals surface area (Å²) in [5, 5.41) is 13.9. The zero-order valence-corrected chi connectivity index (χ0v) is 15.0. The Morgan fingerprint density at radius 2 is 1.96 bits per heavy atom. The van der Waals surface area contributed by atoms with Crippen LogP contribution in [0.2, 0.25) is 0 Å². The van der Waals surface area contributed by atoms with Gasteiger partial charge in [-0.1, -0.05) is 18.2 Å². The van der Waals surface area contributed by atoms with Gasteiger partial charge < -0.3 is 15.0 Å². The Hall–Kier alpha value is -3.09. The maximum atomic E-state index is 12.2. The third-order valence-electron chi connectivity index (χ3n) is 3.87. The fourth-order valence-corrected chi connectivity index (χ4v) is 2.51. The van der Waals surface area contributed by atoms with Crippen molar-refractivity contribution >= 4 is 17.3 Å². The summed E-state index contributed by atoms with van der Waals surface area (Å²) in [4.78, 5) is 24.9. The second-order valence-corrected chi connectivity index (χ2v) is 5.74. The number of nitro groups is 1. The zero-order valence-electron chi connectivity index (χ0n) is 15.0. The maximum Gasteiger partial charge on any atom is 0.311 e. The molecule has 0 aliphatic rings. The van der Waals surface area contributed by atoms with Gasteiger partial charge in [0.2, 0.25) is 0 Å². The van der Waals surface area contributed by atoms with Gasteiger partial charge in [-0.15, -0.1) is 0 Å². The van der Waals surface area contributed by atoms with E-state index in [-0.39, 0.29) is 22.9 Å². The van der Waals surface area contributed by atoms with E-state index >= 15 is 0 Å². The van der Waals surface area contributed by atoms with Crippen LogP contribution in [0.5, 0.6) is 5.75 Å². The topological polar surface area (TPSA) is 84.7 Å². The van der Waals surface area contributed by atoms with Gasteiger partial charge in [0.05, 0.1) is 11.5 Å². The Morgan fingerprint density at radius 1 is 1.23 bits per heavy atom. The van der Waals surface area contributed by atoms with Crippen LogP contribution in [-0.4, -0.2) is 37.6 Å². The Kier molecular flexibility index (Phi) is 6.96. The normalized spacial score (nSPS) is 10.2. The SMILES string of the molecule is CCOc1ccc(C(=O)NCCCN(C)c2ccccc2)cc1[N+](=O)[O-]. The molecule has 7 heteroatoms. The smallest absolute Gasteiger partial charge is 0.311 e. The number of nitrogens with one attached hydrogen (secondary N) is 1. The summed E-state index contributed by atoms with van der Waals surface area (Å²) >= 11 is 0. The summed E-state index contributed by atoms with van der Waals surface area (Å²) in [5.74, 6) is -0.169. The van der Waals surface area contributed by atoms with Crippen LogP contribution < -0.4 is 15.0 Å². The van der Waals surface area contributed by atoms with E-state index < -0.39 is 4.92 Å². The highest BCUT2D eigenvalue weighted by atomic mass is 16.6. The summed E-state index contributed by atoms with van der Waals surface area (Å²) in [7, 11) is 1.99. The number of amides is 1. The lowest BCUT2D eigenvalue weighted by Gasteiger charge is -2.19. The van der Waals surface area contributed by atoms with Gasteiger partial charge in [-0.05, 0) is 37.6 Å². The molecule has 2 rings (SSSR count). The van der Waals surface area contributed by atoms with E-state index in [0.717, 1.165) is 18.7 Å². The van der Waals surface area contributed by atoms with Crippen LogP contribution >= 0.6 is 0 Å². The molecule has 0 aliphatic carbocycles. The third-order valence-corrected chi connectivity index (χ3v) is 3.87. The van der Waals surface area contributed by atoms with E-state index in [0.29, 0.717) is 13.2 Å². The number of hydrogen-bond acceptors (Lipinski definition) is 5. The number of para-hydroxylation sites is 1. The minimum absolute atomic E-state index is 0.165. The number of nitrogens with zero attached hydrogens (tertiary/aromatic N) is 2. The number of carbonyl (C=O) groups is 1. The molecule has 0 fully saturated rings. The lowest BCUT2D eigenvalue weighted by Crippen LogP contribution is -2.28. The number of nitro benzene ring substituents is 1. The van der Waals surface area contributed by atoms with E-state index in [1.54, 1.807) is 6.92 Å². The molecule has 0 unspecified atom stereocenters. The van der Waals surface area contributed by atoms with Crippen molar-refractivity contribution in [3.63, 3.8) is 0 Å². The van der Waals surface area contributed by atoms with E-state index in [1.165, 1.54) is 18.2 Å². The number of ether oxygens (including phenoxy) is 1. The molecule has 138 valence electrons. The Balaban J connectivity index is 1.88. The molecule has 0 aliphatic heterocycles. The molecule has 0 spiro atoms. The molecule has 0 atom stereocenters. The summed E-state index contributed by atoms with van der Waals surface area (Å²) in [5.41, 5.74) is 1.15. The zero-order chi connectivity index (χ0) is 18.9. The molecule has 0 aromatic heterocycles. The van der Waals surface area contributed by atoms with Crippen molar-refractivity contribution in [2.24, 2.45) is 0 Å². The van der Waals surface area contributed by atoms with Gasteiger partial charge in [-0.3, -0.25) is 14.9 Å². The predicted octanol–water partition coefficient (Wildman–Crippen LogP) is 3.25. The maximum absolute atomic E-state index is 12.2. The monoisotopic (exact) mass is 357 g/mol. The van der Waals surface area contributed by atoms with Gasteiger partial charge >= 0.3 is 5.69 Å². The summed E-state index contributed by atoms with van der Waals surface area (Å²) in [6.45, 7) is 3.34. The average Bonchev–Trinajstić information content (AvgIpc) is 2.66. The third kappa shape index (κ3) is 5.20. The fourth-order valence-electron chi connectivity index (χ4n) is 2.51. The van der Waals surface area contributed by atoms with Crippen LogP contribution in [0.4, 0.5) is 11.4 Å². The Bertz CT molecular complexity index is 750. The molecule has 1 amide bonds. The van der Waals surface area contributed by atoms with Crippen LogP contribution in [0.15, 0.2) is 48.5 Å². The largest absolute Gasteiger partial charge is 0.487 e. The molecule has 26 heavy (non-hydrogen) atoms. The summed E-state index contributed by atoms with van der Waals surface area (Å²) in [6, 6.07) is 14.2. The van der Waals surface area contributed by atoms with E-state index in [9.17, 15) is 14.9 Å². The summed E-state index contributed by atoms with van der Waals surface area (Å²) in [6.07, 6.45) is 0.760. The van der Waals surface area contributed by atoms with Gasteiger partial charge in [0.25, 0.3) is 5.91 Å². The highest BCUT2D eigenvalue weighted by molar-refractivity contribution is 5.95. The van der Waals surface area contributed by atoms with Gasteiger partial charge in [0.1, 0.15) is 0 Å². The summed E-state index contributed by atoms with van der Waals surface area (Å²) < 4.78 is 5.22. The van der Waals surface area contributed by atoms with Crippen molar-refractivity contribution in [1.29, 1.82) is 0 Å².